The molecule has 1 rings (SSSR count). The van der Waals surface area contributed by atoms with Crippen molar-refractivity contribution in [1.82, 2.24) is 20.1 Å². The first-order valence-corrected chi connectivity index (χ1v) is 6.21. The molecular formula is C12H24N4. The Bertz CT molecular complexity index is 293. The second-order valence-electron chi connectivity index (χ2n) is 4.65. The molecule has 1 heterocycles. The van der Waals surface area contributed by atoms with Crippen molar-refractivity contribution in [2.24, 2.45) is 5.92 Å². The highest BCUT2D eigenvalue weighted by Crippen LogP contribution is 2.10. The molecule has 1 aromatic heterocycles. The molecule has 1 aromatic rings. The van der Waals surface area contributed by atoms with Gasteiger partial charge in [-0.05, 0) is 32.7 Å². The third-order valence-electron chi connectivity index (χ3n) is 2.88. The maximum atomic E-state index is 4.30. The predicted octanol–water partition coefficient (Wildman–Crippen LogP) is 1.86. The van der Waals surface area contributed by atoms with Gasteiger partial charge >= 0.3 is 0 Å². The maximum Gasteiger partial charge on any atom is 0.138 e. The highest BCUT2D eigenvalue weighted by atomic mass is 15.3. The topological polar surface area (TPSA) is 42.7 Å². The molecule has 1 N–H and O–H groups in total. The van der Waals surface area contributed by atoms with E-state index in [9.17, 15) is 0 Å². The Morgan fingerprint density at radius 3 is 2.75 bits per heavy atom. The fraction of sp³-hybridized carbons (Fsp3) is 0.833. The molecule has 0 aliphatic rings. The Labute approximate surface area is 98.5 Å². The summed E-state index contributed by atoms with van der Waals surface area (Å²) in [5.74, 6) is 1.84. The van der Waals surface area contributed by atoms with E-state index in [1.165, 1.54) is 6.42 Å². The lowest BCUT2D eigenvalue weighted by molar-refractivity contribution is 0.415. The van der Waals surface area contributed by atoms with Gasteiger partial charge in [-0.3, -0.25) is 4.68 Å². The smallest absolute Gasteiger partial charge is 0.138 e. The zero-order valence-electron chi connectivity index (χ0n) is 10.9. The Hall–Kier alpha value is -0.900. The molecule has 0 aromatic carbocycles. The summed E-state index contributed by atoms with van der Waals surface area (Å²) in [4.78, 5) is 4.30. The van der Waals surface area contributed by atoms with Gasteiger partial charge in [0.2, 0.25) is 0 Å². The second-order valence-corrected chi connectivity index (χ2v) is 4.65. The Morgan fingerprint density at radius 2 is 2.19 bits per heavy atom. The number of aryl methyl sites for hydroxylation is 2. The van der Waals surface area contributed by atoms with Crippen molar-refractivity contribution >= 4 is 0 Å². The molecule has 92 valence electrons. The molecule has 1 atom stereocenters. The molecule has 0 fully saturated rings. The largest absolute Gasteiger partial charge is 0.317 e. The van der Waals surface area contributed by atoms with Gasteiger partial charge in [-0.2, -0.15) is 5.10 Å². The van der Waals surface area contributed by atoms with E-state index in [0.29, 0.717) is 6.04 Å². The van der Waals surface area contributed by atoms with Crippen LogP contribution in [0.25, 0.3) is 0 Å². The van der Waals surface area contributed by atoms with Crippen LogP contribution in [0.15, 0.2) is 6.33 Å². The minimum absolute atomic E-state index is 0.585. The van der Waals surface area contributed by atoms with Gasteiger partial charge in [0, 0.05) is 19.0 Å². The van der Waals surface area contributed by atoms with Crippen molar-refractivity contribution < 1.29 is 0 Å². The van der Waals surface area contributed by atoms with Crippen molar-refractivity contribution in [3.05, 3.63) is 12.2 Å². The van der Waals surface area contributed by atoms with Crippen LogP contribution in [-0.4, -0.2) is 27.9 Å². The van der Waals surface area contributed by atoms with Crippen LogP contribution < -0.4 is 5.32 Å². The molecule has 0 aliphatic carbocycles. The molecular weight excluding hydrogens is 200 g/mol. The van der Waals surface area contributed by atoms with Crippen molar-refractivity contribution in [3.8, 4) is 0 Å². The average molecular weight is 224 g/mol. The minimum atomic E-state index is 0.585. The van der Waals surface area contributed by atoms with E-state index in [-0.39, 0.29) is 0 Å². The summed E-state index contributed by atoms with van der Waals surface area (Å²) < 4.78 is 1.97. The van der Waals surface area contributed by atoms with Crippen molar-refractivity contribution in [2.45, 2.75) is 52.6 Å². The van der Waals surface area contributed by atoms with Crippen molar-refractivity contribution in [1.29, 1.82) is 0 Å². The lowest BCUT2D eigenvalue weighted by atomic mass is 10.00. The fourth-order valence-corrected chi connectivity index (χ4v) is 2.00. The van der Waals surface area contributed by atoms with Crippen LogP contribution in [0.1, 0.15) is 39.4 Å². The monoisotopic (exact) mass is 224 g/mol. The summed E-state index contributed by atoms with van der Waals surface area (Å²) in [7, 11) is 2.04. The standard InChI is InChI=1S/C12H24N4/c1-5-16-12(14-9-15-16)7-6-11(13-4)8-10(2)3/h9-11,13H,5-8H2,1-4H3. The zero-order valence-corrected chi connectivity index (χ0v) is 10.9. The number of aromatic nitrogens is 3. The number of nitrogens with one attached hydrogen (secondary N) is 1. The van der Waals surface area contributed by atoms with E-state index in [2.05, 4.69) is 36.2 Å². The van der Waals surface area contributed by atoms with Crippen LogP contribution in [0, 0.1) is 5.92 Å². The van der Waals surface area contributed by atoms with Gasteiger partial charge in [-0.15, -0.1) is 0 Å². The summed E-state index contributed by atoms with van der Waals surface area (Å²) in [5.41, 5.74) is 0. The number of rotatable bonds is 7. The molecule has 4 heteroatoms. The Balaban J connectivity index is 2.43. The van der Waals surface area contributed by atoms with Crippen molar-refractivity contribution in [3.63, 3.8) is 0 Å². The van der Waals surface area contributed by atoms with Gasteiger partial charge in [0.25, 0.3) is 0 Å². The molecule has 0 saturated heterocycles. The number of nitrogens with zero attached hydrogens (tertiary/aromatic N) is 3. The molecule has 0 spiro atoms. The first-order valence-electron chi connectivity index (χ1n) is 6.21. The van der Waals surface area contributed by atoms with Gasteiger partial charge < -0.3 is 5.32 Å². The molecule has 1 unspecified atom stereocenters. The van der Waals surface area contributed by atoms with Crippen LogP contribution in [-0.2, 0) is 13.0 Å². The van der Waals surface area contributed by atoms with Crippen LogP contribution >= 0.6 is 0 Å². The normalized spacial score (nSPS) is 13.3. The first-order chi connectivity index (χ1) is 7.67. The number of hydrogen-bond donors (Lipinski definition) is 1. The third kappa shape index (κ3) is 3.93. The van der Waals surface area contributed by atoms with Crippen molar-refractivity contribution in [2.75, 3.05) is 7.05 Å². The molecule has 0 amide bonds. The highest BCUT2D eigenvalue weighted by molar-refractivity contribution is 4.86. The Morgan fingerprint density at radius 1 is 1.44 bits per heavy atom. The van der Waals surface area contributed by atoms with E-state index < -0.39 is 0 Å². The fourth-order valence-electron chi connectivity index (χ4n) is 2.00. The van der Waals surface area contributed by atoms with Crippen LogP contribution in [0.2, 0.25) is 0 Å². The number of hydrogen-bond acceptors (Lipinski definition) is 3. The average Bonchev–Trinajstić information content (AvgIpc) is 2.70. The lowest BCUT2D eigenvalue weighted by Gasteiger charge is -2.17. The van der Waals surface area contributed by atoms with Gasteiger partial charge in [-0.25, -0.2) is 4.98 Å². The molecule has 0 radical (unpaired) electrons. The van der Waals surface area contributed by atoms with Crippen LogP contribution in [0.3, 0.4) is 0 Å². The summed E-state index contributed by atoms with van der Waals surface area (Å²) in [6, 6.07) is 0.585. The van der Waals surface area contributed by atoms with Gasteiger partial charge in [-0.1, -0.05) is 13.8 Å². The SMILES string of the molecule is CCn1ncnc1CCC(CC(C)C)NC. The predicted molar refractivity (Wildman–Crippen MR) is 66.3 cm³/mol. The first kappa shape index (κ1) is 13.2. The van der Waals surface area contributed by atoms with E-state index in [1.807, 2.05) is 11.7 Å². The maximum absolute atomic E-state index is 4.30. The lowest BCUT2D eigenvalue weighted by Crippen LogP contribution is -2.27. The van der Waals surface area contributed by atoms with Gasteiger partial charge in [0.15, 0.2) is 0 Å². The summed E-state index contributed by atoms with van der Waals surface area (Å²) in [5, 5.41) is 7.56. The van der Waals surface area contributed by atoms with Gasteiger partial charge in [0.1, 0.15) is 12.2 Å². The zero-order chi connectivity index (χ0) is 12.0. The summed E-state index contributed by atoms with van der Waals surface area (Å²) in [6.45, 7) is 7.53. The minimum Gasteiger partial charge on any atom is -0.317 e. The van der Waals surface area contributed by atoms with Crippen LogP contribution in [0.4, 0.5) is 0 Å². The molecule has 16 heavy (non-hydrogen) atoms. The van der Waals surface area contributed by atoms with Gasteiger partial charge in [0.05, 0.1) is 0 Å². The third-order valence-corrected chi connectivity index (χ3v) is 2.88. The highest BCUT2D eigenvalue weighted by Gasteiger charge is 2.10. The van der Waals surface area contributed by atoms with E-state index in [4.69, 9.17) is 0 Å². The quantitative estimate of drug-likeness (QED) is 0.769. The summed E-state index contributed by atoms with van der Waals surface area (Å²) in [6.07, 6.45) is 5.01. The summed E-state index contributed by atoms with van der Waals surface area (Å²) >= 11 is 0. The molecule has 0 bridgehead atoms. The Kier molecular flexibility index (Phi) is 5.46. The molecule has 4 nitrogen and oxygen atoms in total. The molecule has 0 saturated carbocycles. The molecule has 0 aliphatic heterocycles. The van der Waals surface area contributed by atoms with Crippen LogP contribution in [0.5, 0.6) is 0 Å². The van der Waals surface area contributed by atoms with E-state index >= 15 is 0 Å². The second kappa shape index (κ2) is 6.63. The van der Waals surface area contributed by atoms with E-state index in [0.717, 1.165) is 31.1 Å². The van der Waals surface area contributed by atoms with E-state index in [1.54, 1.807) is 6.33 Å².